The van der Waals surface area contributed by atoms with Crippen LogP contribution in [0.15, 0.2) is 36.7 Å². The highest BCUT2D eigenvalue weighted by Gasteiger charge is 2.45. The number of benzene rings is 1. The molecule has 2 aromatic heterocycles. The Balaban J connectivity index is 1.19. The van der Waals surface area contributed by atoms with Crippen molar-refractivity contribution in [3.05, 3.63) is 53.6 Å². The van der Waals surface area contributed by atoms with E-state index in [1.807, 2.05) is 17.9 Å². The molecule has 8 nitrogen and oxygen atoms in total. The van der Waals surface area contributed by atoms with Gasteiger partial charge in [-0.15, -0.1) is 5.10 Å². The molecule has 2 aliphatic carbocycles. The quantitative estimate of drug-likeness (QED) is 0.427. The van der Waals surface area contributed by atoms with E-state index in [0.717, 1.165) is 48.4 Å². The van der Waals surface area contributed by atoms with E-state index in [0.29, 0.717) is 5.56 Å². The molecule has 8 heteroatoms. The highest BCUT2D eigenvalue weighted by molar-refractivity contribution is 5.54. The highest BCUT2D eigenvalue weighted by atomic mass is 16.5. The molecule has 3 aliphatic rings. The maximum Gasteiger partial charge on any atom is 0.181 e. The van der Waals surface area contributed by atoms with Crippen LogP contribution < -0.4 is 4.90 Å². The molecule has 6 rings (SSSR count). The van der Waals surface area contributed by atoms with Gasteiger partial charge in [-0.1, -0.05) is 49.8 Å². The van der Waals surface area contributed by atoms with E-state index in [1.165, 1.54) is 63.5 Å². The fourth-order valence-corrected chi connectivity index (χ4v) is 6.81. The van der Waals surface area contributed by atoms with Gasteiger partial charge in [-0.25, -0.2) is 4.68 Å². The van der Waals surface area contributed by atoms with Crippen LogP contribution in [0, 0.1) is 11.8 Å². The van der Waals surface area contributed by atoms with Crippen molar-refractivity contribution in [2.45, 2.75) is 82.3 Å². The molecule has 1 aliphatic heterocycles. The molecule has 3 fully saturated rings. The number of aliphatic hydroxyl groups is 2. The van der Waals surface area contributed by atoms with Crippen molar-refractivity contribution in [3.8, 4) is 5.69 Å². The summed E-state index contributed by atoms with van der Waals surface area (Å²) in [5.41, 5.74) is 4.48. The van der Waals surface area contributed by atoms with E-state index in [-0.39, 0.29) is 11.8 Å². The molecule has 0 amide bonds. The summed E-state index contributed by atoms with van der Waals surface area (Å²) in [5.74, 6) is 2.08. The number of hydrogen-bond donors (Lipinski definition) is 2. The van der Waals surface area contributed by atoms with Crippen molar-refractivity contribution in [2.24, 2.45) is 18.9 Å². The summed E-state index contributed by atoms with van der Waals surface area (Å²) in [7, 11) is 1.87. The molecule has 0 spiro atoms. The van der Waals surface area contributed by atoms with E-state index in [4.69, 9.17) is 0 Å². The largest absolute Gasteiger partial charge is 0.371 e. The van der Waals surface area contributed by atoms with Gasteiger partial charge in [0.05, 0.1) is 23.3 Å². The SMILES string of the molecule is Cn1cc([C@@H]2C[C@H]2c2c(C(O)O)cnn2-c2cccc(N3CCC[C@H](CCC4CCCCC4)C3)c2)nn1. The number of piperidine rings is 1. The monoisotopic (exact) mass is 504 g/mol. The lowest BCUT2D eigenvalue weighted by Gasteiger charge is -2.35. The number of aromatic nitrogens is 5. The zero-order valence-corrected chi connectivity index (χ0v) is 21.9. The average molecular weight is 505 g/mol. The number of hydrogen-bond acceptors (Lipinski definition) is 6. The Morgan fingerprint density at radius 3 is 2.54 bits per heavy atom. The first-order chi connectivity index (χ1) is 18.1. The van der Waals surface area contributed by atoms with Crippen molar-refractivity contribution < 1.29 is 10.2 Å². The molecule has 0 radical (unpaired) electrons. The van der Waals surface area contributed by atoms with Crippen LogP contribution in [0.3, 0.4) is 0 Å². The van der Waals surface area contributed by atoms with E-state index >= 15 is 0 Å². The standard InChI is InChI=1S/C29H40N6O2/c1-33-19-27(31-32-33)24-16-25(24)28-26(29(36)37)17-30-35(28)23-11-5-10-22(15-23)34-14-6-9-21(18-34)13-12-20-7-3-2-4-8-20/h5,10-11,15,17,19-21,24-25,29,36-37H,2-4,6-9,12-14,16,18H2,1H3/t21-,24-,25-/m1/s1. The smallest absolute Gasteiger partial charge is 0.181 e. The summed E-state index contributed by atoms with van der Waals surface area (Å²) in [5, 5.41) is 33.2. The van der Waals surface area contributed by atoms with Gasteiger partial charge in [-0.05, 0) is 55.7 Å². The summed E-state index contributed by atoms with van der Waals surface area (Å²) in [6.45, 7) is 2.22. The van der Waals surface area contributed by atoms with Gasteiger partial charge in [0.1, 0.15) is 0 Å². The second-order valence-corrected chi connectivity index (χ2v) is 11.6. The molecule has 3 heterocycles. The first-order valence-corrected chi connectivity index (χ1v) is 14.2. The second-order valence-electron chi connectivity index (χ2n) is 11.6. The maximum atomic E-state index is 10.1. The Kier molecular flexibility index (Phi) is 7.04. The van der Waals surface area contributed by atoms with Crippen LogP contribution in [0.25, 0.3) is 5.69 Å². The Hall–Kier alpha value is -2.71. The molecule has 0 unspecified atom stereocenters. The second kappa shape index (κ2) is 10.6. The third kappa shape index (κ3) is 5.32. The Labute approximate surface area is 219 Å². The summed E-state index contributed by atoms with van der Waals surface area (Å²) >= 11 is 0. The molecule has 3 atom stereocenters. The Morgan fingerprint density at radius 1 is 0.973 bits per heavy atom. The lowest BCUT2D eigenvalue weighted by Crippen LogP contribution is -2.35. The number of anilines is 1. The number of aliphatic hydroxyl groups excluding tert-OH is 1. The molecule has 1 aromatic carbocycles. The summed E-state index contributed by atoms with van der Waals surface area (Å²) < 4.78 is 3.62. The molecule has 0 bridgehead atoms. The van der Waals surface area contributed by atoms with Gasteiger partial charge < -0.3 is 15.1 Å². The molecule has 3 aromatic rings. The molecule has 2 saturated carbocycles. The maximum absolute atomic E-state index is 10.1. The number of nitrogens with zero attached hydrogens (tertiary/aromatic N) is 6. The van der Waals surface area contributed by atoms with Crippen molar-refractivity contribution in [3.63, 3.8) is 0 Å². The highest BCUT2D eigenvalue weighted by Crippen LogP contribution is 2.55. The molecule has 37 heavy (non-hydrogen) atoms. The third-order valence-electron chi connectivity index (χ3n) is 8.92. The lowest BCUT2D eigenvalue weighted by molar-refractivity contribution is -0.0431. The molecule has 1 saturated heterocycles. The van der Waals surface area contributed by atoms with E-state index in [2.05, 4.69) is 44.6 Å². The fourth-order valence-electron chi connectivity index (χ4n) is 6.81. The first-order valence-electron chi connectivity index (χ1n) is 14.2. The fraction of sp³-hybridized carbons (Fsp3) is 0.621. The van der Waals surface area contributed by atoms with Crippen molar-refractivity contribution in [2.75, 3.05) is 18.0 Å². The zero-order valence-electron chi connectivity index (χ0n) is 21.9. The minimum atomic E-state index is -1.55. The summed E-state index contributed by atoms with van der Waals surface area (Å²) in [6.07, 6.45) is 15.4. The minimum Gasteiger partial charge on any atom is -0.371 e. The number of rotatable bonds is 8. The predicted molar refractivity (Wildman–Crippen MR) is 143 cm³/mol. The van der Waals surface area contributed by atoms with Gasteiger partial charge in [-0.3, -0.25) is 4.68 Å². The van der Waals surface area contributed by atoms with Gasteiger partial charge in [-0.2, -0.15) is 5.10 Å². The van der Waals surface area contributed by atoms with Crippen LogP contribution in [-0.2, 0) is 7.05 Å². The third-order valence-corrected chi connectivity index (χ3v) is 8.92. The van der Waals surface area contributed by atoms with Gasteiger partial charge in [0.2, 0.25) is 0 Å². The zero-order chi connectivity index (χ0) is 25.4. The van der Waals surface area contributed by atoms with Crippen molar-refractivity contribution in [1.29, 1.82) is 0 Å². The average Bonchev–Trinajstić information content (AvgIpc) is 3.37. The van der Waals surface area contributed by atoms with Gasteiger partial charge in [0.15, 0.2) is 6.29 Å². The van der Waals surface area contributed by atoms with Crippen LogP contribution in [0.2, 0.25) is 0 Å². The van der Waals surface area contributed by atoms with Crippen LogP contribution in [0.1, 0.15) is 99.3 Å². The Morgan fingerprint density at radius 2 is 1.76 bits per heavy atom. The molecular formula is C29H40N6O2. The van der Waals surface area contributed by atoms with Crippen LogP contribution in [0.4, 0.5) is 5.69 Å². The normalized spacial score (nSPS) is 24.6. The predicted octanol–water partition coefficient (Wildman–Crippen LogP) is 4.83. The van der Waals surface area contributed by atoms with E-state index in [9.17, 15) is 10.2 Å². The van der Waals surface area contributed by atoms with Crippen molar-refractivity contribution >= 4 is 5.69 Å². The Bertz CT molecular complexity index is 1200. The molecule has 2 N–H and O–H groups in total. The summed E-state index contributed by atoms with van der Waals surface area (Å²) in [4.78, 5) is 2.54. The van der Waals surface area contributed by atoms with Gasteiger partial charge in [0.25, 0.3) is 0 Å². The summed E-state index contributed by atoms with van der Waals surface area (Å²) in [6, 6.07) is 8.59. The first kappa shape index (κ1) is 24.6. The van der Waals surface area contributed by atoms with Gasteiger partial charge in [0, 0.05) is 49.4 Å². The van der Waals surface area contributed by atoms with Crippen molar-refractivity contribution in [1.82, 2.24) is 24.8 Å². The number of aryl methyl sites for hydroxylation is 1. The lowest BCUT2D eigenvalue weighted by atomic mass is 9.82. The van der Waals surface area contributed by atoms with E-state index in [1.54, 1.807) is 10.9 Å². The topological polar surface area (TPSA) is 92.2 Å². The van der Waals surface area contributed by atoms with E-state index < -0.39 is 6.29 Å². The van der Waals surface area contributed by atoms with Crippen LogP contribution >= 0.6 is 0 Å². The molecule has 198 valence electrons. The molecular weight excluding hydrogens is 464 g/mol. The van der Waals surface area contributed by atoms with Crippen LogP contribution in [-0.4, -0.2) is 48.1 Å². The van der Waals surface area contributed by atoms with Gasteiger partial charge >= 0.3 is 0 Å². The minimum absolute atomic E-state index is 0.138. The van der Waals surface area contributed by atoms with Crippen LogP contribution in [0.5, 0.6) is 0 Å².